The maximum atomic E-state index is 11.3. The predicted molar refractivity (Wildman–Crippen MR) is 277 cm³/mol. The highest BCUT2D eigenvalue weighted by Gasteiger charge is 2.37. The molecule has 3 aliphatic rings. The Labute approximate surface area is 409 Å². The minimum absolute atomic E-state index is 0.0139. The number of hydrogen-bond acceptors (Lipinski definition) is 8. The number of allylic oxidation sites excluding steroid dienone is 2. The van der Waals surface area contributed by atoms with Crippen molar-refractivity contribution >= 4 is 29.4 Å². The first-order valence-corrected chi connectivity index (χ1v) is 23.1. The summed E-state index contributed by atoms with van der Waals surface area (Å²) < 4.78 is 0. The van der Waals surface area contributed by atoms with Crippen molar-refractivity contribution in [2.75, 3.05) is 0 Å². The maximum Gasteiger partial charge on any atom is 0.251 e. The lowest BCUT2D eigenvalue weighted by molar-refractivity contribution is -0.136. The summed E-state index contributed by atoms with van der Waals surface area (Å²) in [5.74, 6) is -1.53. The van der Waals surface area contributed by atoms with Crippen LogP contribution in [0.5, 0.6) is 0 Å². The van der Waals surface area contributed by atoms with Gasteiger partial charge in [-0.3, -0.25) is 43.7 Å². The molecule has 0 aromatic carbocycles. The van der Waals surface area contributed by atoms with Crippen LogP contribution in [0.2, 0.25) is 0 Å². The van der Waals surface area contributed by atoms with Gasteiger partial charge >= 0.3 is 0 Å². The maximum absolute atomic E-state index is 11.3. The SMILES string of the molecule is C=C1CC(=O)NC=C1C(C)(C)C.CC(C)(C)C1C(=O)C=CNC1=O.CC(C)(C)C1C=CC(=O)NC1=O.CC(C)(C)c1c[nH]ccc1=O.CC(C)(C)c1ccc(=O)[nH]c1.CC(C)(C)c1ccc[nH]c1=O. The molecule has 2 unspecified atom stereocenters. The van der Waals surface area contributed by atoms with Crippen LogP contribution in [-0.2, 0) is 40.2 Å². The normalized spacial score (nSPS) is 17.2. The molecule has 6 N–H and O–H groups in total. The Balaban J connectivity index is 0.000000414. The van der Waals surface area contributed by atoms with Gasteiger partial charge in [-0.05, 0) is 61.3 Å². The number of carbonyl (C=O) groups is 5. The Morgan fingerprint density at radius 2 is 1.17 bits per heavy atom. The molecule has 378 valence electrons. The first kappa shape index (κ1) is 60.6. The second-order valence-electron chi connectivity index (χ2n) is 23.3. The van der Waals surface area contributed by atoms with E-state index in [1.807, 2.05) is 101 Å². The Morgan fingerprint density at radius 3 is 1.55 bits per heavy atom. The Hall–Kier alpha value is -6.44. The fourth-order valence-electron chi connectivity index (χ4n) is 6.76. The first-order valence-electron chi connectivity index (χ1n) is 23.1. The number of pyridine rings is 3. The summed E-state index contributed by atoms with van der Waals surface area (Å²) in [6, 6.07) is 8.68. The smallest absolute Gasteiger partial charge is 0.251 e. The van der Waals surface area contributed by atoms with Gasteiger partial charge in [0.05, 0.1) is 12.3 Å². The van der Waals surface area contributed by atoms with Crippen molar-refractivity contribution in [3.63, 3.8) is 0 Å². The number of rotatable bonds is 0. The van der Waals surface area contributed by atoms with Crippen molar-refractivity contribution in [1.82, 2.24) is 30.9 Å². The van der Waals surface area contributed by atoms with Crippen molar-refractivity contribution < 1.29 is 24.0 Å². The van der Waals surface area contributed by atoms with E-state index in [9.17, 15) is 38.4 Å². The van der Waals surface area contributed by atoms with Crippen LogP contribution in [0.15, 0.2) is 118 Å². The van der Waals surface area contributed by atoms with E-state index >= 15 is 0 Å². The van der Waals surface area contributed by atoms with Crippen molar-refractivity contribution in [3.05, 3.63) is 151 Å². The van der Waals surface area contributed by atoms with Crippen molar-refractivity contribution in [3.8, 4) is 0 Å². The molecule has 0 saturated heterocycles. The summed E-state index contributed by atoms with van der Waals surface area (Å²) in [7, 11) is 0. The third-order valence-electron chi connectivity index (χ3n) is 10.6. The zero-order valence-electron chi connectivity index (χ0n) is 44.4. The fourth-order valence-corrected chi connectivity index (χ4v) is 6.76. The second kappa shape index (κ2) is 24.7. The Morgan fingerprint density at radius 1 is 0.580 bits per heavy atom. The molecule has 3 aliphatic heterocycles. The number of aromatic amines is 3. The highest BCUT2D eigenvalue weighted by atomic mass is 16.2. The Bertz CT molecular complexity index is 2460. The van der Waals surface area contributed by atoms with Crippen LogP contribution in [0.25, 0.3) is 0 Å². The number of hydrogen-bond donors (Lipinski definition) is 6. The number of ketones is 1. The average Bonchev–Trinajstić information content (AvgIpc) is 3.17. The van der Waals surface area contributed by atoms with Gasteiger partial charge in [0.25, 0.3) is 5.56 Å². The summed E-state index contributed by atoms with van der Waals surface area (Å²) >= 11 is 0. The molecule has 2 atom stereocenters. The summed E-state index contributed by atoms with van der Waals surface area (Å²) in [4.78, 5) is 96.9. The number of aromatic nitrogens is 3. The predicted octanol–water partition coefficient (Wildman–Crippen LogP) is 8.73. The largest absolute Gasteiger partial charge is 0.367 e. The van der Waals surface area contributed by atoms with Crippen LogP contribution in [0, 0.1) is 28.1 Å². The van der Waals surface area contributed by atoms with Gasteiger partial charge in [0.15, 0.2) is 11.2 Å². The molecule has 14 heteroatoms. The molecule has 0 spiro atoms. The molecule has 69 heavy (non-hydrogen) atoms. The molecule has 14 nitrogen and oxygen atoms in total. The number of amides is 4. The standard InChI is InChI=1S/C10H15NO.2C9H13NO2.3C9H13NO/c1-7-5-9(12)11-6-8(7)10(2,3)4;1-9(2,3)7-6(11)4-5-10-8(7)12;1-9(2,3)6-4-5-7(11)10-8(6)12;1-9(2,3)7-6-10-5-4-8(7)11;1-9(2,3)7-4-5-8(11)10-6-7;1-9(2,3)7-5-4-6-10-8(7)11/h6H,1,5H2,2-4H3,(H,11,12);4-5,7H,1-3H3,(H,10,12);4-6H,1-3H3,(H,10,11,12);3*4-6H,1-3H3,(H,10,11). The summed E-state index contributed by atoms with van der Waals surface area (Å²) in [6.07, 6.45) is 14.9. The highest BCUT2D eigenvalue weighted by molar-refractivity contribution is 6.09. The molecule has 0 saturated carbocycles. The lowest BCUT2D eigenvalue weighted by atomic mass is 9.76. The molecule has 0 fully saturated rings. The number of H-pyrrole nitrogens is 3. The van der Waals surface area contributed by atoms with Gasteiger partial charge in [-0.1, -0.05) is 149 Å². The Kier molecular flexibility index (Phi) is 21.7. The fraction of sp³-hybridized carbons (Fsp3) is 0.491. The van der Waals surface area contributed by atoms with Crippen molar-refractivity contribution in [1.29, 1.82) is 0 Å². The highest BCUT2D eigenvalue weighted by Crippen LogP contribution is 2.33. The van der Waals surface area contributed by atoms with Crippen molar-refractivity contribution in [2.45, 2.75) is 147 Å². The molecule has 4 amide bonds. The lowest BCUT2D eigenvalue weighted by Crippen LogP contribution is -2.43. The molecule has 6 rings (SSSR count). The van der Waals surface area contributed by atoms with Gasteiger partial charge in [0, 0.05) is 66.5 Å². The van der Waals surface area contributed by atoms with Crippen LogP contribution in [0.3, 0.4) is 0 Å². The van der Waals surface area contributed by atoms with E-state index in [0.717, 1.165) is 27.8 Å². The minimum atomic E-state index is -0.539. The van der Waals surface area contributed by atoms with E-state index in [1.165, 1.54) is 18.4 Å². The van der Waals surface area contributed by atoms with E-state index in [2.05, 4.69) is 79.0 Å². The van der Waals surface area contributed by atoms with Gasteiger partial charge in [-0.15, -0.1) is 0 Å². The summed E-state index contributed by atoms with van der Waals surface area (Å²) in [6.45, 7) is 40.3. The van der Waals surface area contributed by atoms with Gasteiger partial charge in [0.2, 0.25) is 29.2 Å². The van der Waals surface area contributed by atoms with Crippen LogP contribution in [0.4, 0.5) is 0 Å². The van der Waals surface area contributed by atoms with E-state index in [1.54, 1.807) is 49.2 Å². The molecule has 6 heterocycles. The molecule has 0 bridgehead atoms. The van der Waals surface area contributed by atoms with Crippen LogP contribution in [0.1, 0.15) is 148 Å². The van der Waals surface area contributed by atoms with Crippen molar-refractivity contribution in [2.24, 2.45) is 28.1 Å². The van der Waals surface area contributed by atoms with Gasteiger partial charge < -0.3 is 25.6 Å². The van der Waals surface area contributed by atoms with E-state index in [4.69, 9.17) is 0 Å². The van der Waals surface area contributed by atoms with Gasteiger partial charge in [-0.25, -0.2) is 0 Å². The second-order valence-corrected chi connectivity index (χ2v) is 23.3. The summed E-state index contributed by atoms with van der Waals surface area (Å²) in [5.41, 5.74) is 4.62. The zero-order valence-corrected chi connectivity index (χ0v) is 44.4. The lowest BCUT2D eigenvalue weighted by Gasteiger charge is -2.28. The van der Waals surface area contributed by atoms with Gasteiger partial charge in [-0.2, -0.15) is 0 Å². The molecular formula is C55H80N6O8. The number of imide groups is 1. The van der Waals surface area contributed by atoms with E-state index < -0.39 is 5.92 Å². The van der Waals surface area contributed by atoms with E-state index in [0.29, 0.717) is 6.42 Å². The van der Waals surface area contributed by atoms with Crippen LogP contribution in [-0.4, -0.2) is 44.4 Å². The molecule has 0 aliphatic carbocycles. The summed E-state index contributed by atoms with van der Waals surface area (Å²) in [5, 5.41) is 7.51. The third kappa shape index (κ3) is 21.2. The molecule has 3 aromatic heterocycles. The third-order valence-corrected chi connectivity index (χ3v) is 10.6. The minimum Gasteiger partial charge on any atom is -0.367 e. The van der Waals surface area contributed by atoms with Crippen LogP contribution >= 0.6 is 0 Å². The average molecular weight is 953 g/mol. The number of carbonyl (C=O) groups excluding carboxylic acids is 5. The van der Waals surface area contributed by atoms with Crippen LogP contribution < -0.4 is 32.5 Å². The molecular weight excluding hydrogens is 873 g/mol. The zero-order chi connectivity index (χ0) is 53.5. The molecule has 3 aromatic rings. The monoisotopic (exact) mass is 953 g/mol. The quantitative estimate of drug-likeness (QED) is 0.0943. The first-order chi connectivity index (χ1) is 31.3. The topological polar surface area (TPSA) is 220 Å². The molecule has 0 radical (unpaired) electrons. The van der Waals surface area contributed by atoms with E-state index in [-0.39, 0.29) is 84.4 Å². The van der Waals surface area contributed by atoms with Gasteiger partial charge in [0.1, 0.15) is 5.92 Å². The number of nitrogens with one attached hydrogen (secondary N) is 6.